The molecule has 1 unspecified atom stereocenters. The van der Waals surface area contributed by atoms with Crippen LogP contribution in [0, 0.1) is 5.82 Å². The molecule has 3 aromatic rings. The Kier molecular flexibility index (Phi) is 5.50. The molecule has 1 amide bonds. The fraction of sp³-hybridized carbons (Fsp3) is 0.211. The Balaban J connectivity index is 1.55. The van der Waals surface area contributed by atoms with Crippen LogP contribution in [-0.4, -0.2) is 15.9 Å². The second kappa shape index (κ2) is 7.98. The Morgan fingerprint density at radius 3 is 2.80 bits per heavy atom. The predicted molar refractivity (Wildman–Crippen MR) is 96.6 cm³/mol. The quantitative estimate of drug-likeness (QED) is 0.722. The molecule has 3 rings (SSSR count). The van der Waals surface area contributed by atoms with E-state index in [2.05, 4.69) is 15.3 Å². The molecule has 1 atom stereocenters. The minimum Gasteiger partial charge on any atom is -0.347 e. The van der Waals surface area contributed by atoms with Gasteiger partial charge in [0, 0.05) is 29.8 Å². The molecule has 1 N–H and O–H groups in total. The van der Waals surface area contributed by atoms with Gasteiger partial charge in [-0.25, -0.2) is 9.37 Å². The molecule has 0 saturated carbocycles. The van der Waals surface area contributed by atoms with Gasteiger partial charge >= 0.3 is 0 Å². The van der Waals surface area contributed by atoms with Crippen molar-refractivity contribution < 1.29 is 9.18 Å². The maximum atomic E-state index is 12.9. The molecule has 128 valence electrons. The van der Waals surface area contributed by atoms with Crippen LogP contribution < -0.4 is 5.32 Å². The van der Waals surface area contributed by atoms with E-state index in [1.165, 1.54) is 23.5 Å². The smallest absolute Gasteiger partial charge is 0.220 e. The second-order valence-corrected chi connectivity index (χ2v) is 6.62. The van der Waals surface area contributed by atoms with Crippen molar-refractivity contribution in [1.29, 1.82) is 0 Å². The SMILES string of the molecule is CC(NC(=O)CCc1ccc(F)cc1)c1nc(-c2cccnc2)cs1. The summed E-state index contributed by atoms with van der Waals surface area (Å²) in [6, 6.07) is 9.89. The molecule has 25 heavy (non-hydrogen) atoms. The number of nitrogens with zero attached hydrogens (tertiary/aromatic N) is 2. The first-order valence-corrected chi connectivity index (χ1v) is 8.89. The highest BCUT2D eigenvalue weighted by molar-refractivity contribution is 7.10. The van der Waals surface area contributed by atoms with Crippen LogP contribution in [0.25, 0.3) is 11.3 Å². The number of thiazole rings is 1. The van der Waals surface area contributed by atoms with Gasteiger partial charge in [0.25, 0.3) is 0 Å². The van der Waals surface area contributed by atoms with E-state index in [4.69, 9.17) is 0 Å². The summed E-state index contributed by atoms with van der Waals surface area (Å²) in [5, 5.41) is 5.78. The van der Waals surface area contributed by atoms with E-state index in [-0.39, 0.29) is 17.8 Å². The highest BCUT2D eigenvalue weighted by atomic mass is 32.1. The largest absolute Gasteiger partial charge is 0.347 e. The molecule has 0 spiro atoms. The topological polar surface area (TPSA) is 54.9 Å². The average Bonchev–Trinajstić information content (AvgIpc) is 3.12. The Morgan fingerprint density at radius 2 is 2.08 bits per heavy atom. The molecule has 0 fully saturated rings. The van der Waals surface area contributed by atoms with Crippen LogP contribution in [0.2, 0.25) is 0 Å². The monoisotopic (exact) mass is 355 g/mol. The lowest BCUT2D eigenvalue weighted by molar-refractivity contribution is -0.121. The van der Waals surface area contributed by atoms with Gasteiger partial charge in [0.15, 0.2) is 0 Å². The first-order chi connectivity index (χ1) is 12.1. The summed E-state index contributed by atoms with van der Waals surface area (Å²) in [5.74, 6) is -0.315. The first kappa shape index (κ1) is 17.2. The third-order valence-corrected chi connectivity index (χ3v) is 4.81. The number of benzene rings is 1. The van der Waals surface area contributed by atoms with Gasteiger partial charge in [0.2, 0.25) is 5.91 Å². The van der Waals surface area contributed by atoms with Crippen molar-refractivity contribution in [2.75, 3.05) is 0 Å². The number of carbonyl (C=O) groups is 1. The maximum Gasteiger partial charge on any atom is 0.220 e. The highest BCUT2D eigenvalue weighted by Gasteiger charge is 2.14. The summed E-state index contributed by atoms with van der Waals surface area (Å²) in [6.07, 6.45) is 4.43. The van der Waals surface area contributed by atoms with Crippen LogP contribution in [0.5, 0.6) is 0 Å². The minimum atomic E-state index is -0.269. The standard InChI is InChI=1S/C19H18FN3OS/c1-13(19-23-17(12-25-19)15-3-2-10-21-11-15)22-18(24)9-6-14-4-7-16(20)8-5-14/h2-5,7-8,10-13H,6,9H2,1H3,(H,22,24). The van der Waals surface area contributed by atoms with Gasteiger partial charge in [0.1, 0.15) is 10.8 Å². The molecule has 1 aromatic carbocycles. The zero-order chi connectivity index (χ0) is 17.6. The van der Waals surface area contributed by atoms with Gasteiger partial charge in [-0.2, -0.15) is 0 Å². The molecule has 2 aromatic heterocycles. The fourth-order valence-corrected chi connectivity index (χ4v) is 3.25. The Hall–Kier alpha value is -2.60. The van der Waals surface area contributed by atoms with Crippen LogP contribution in [0.1, 0.15) is 30.0 Å². The minimum absolute atomic E-state index is 0.0463. The van der Waals surface area contributed by atoms with Gasteiger partial charge in [-0.15, -0.1) is 11.3 Å². The van der Waals surface area contributed by atoms with Crippen LogP contribution in [0.4, 0.5) is 4.39 Å². The molecular formula is C19H18FN3OS. The molecule has 2 heterocycles. The Morgan fingerprint density at radius 1 is 1.28 bits per heavy atom. The fourth-order valence-electron chi connectivity index (χ4n) is 2.42. The highest BCUT2D eigenvalue weighted by Crippen LogP contribution is 2.24. The third kappa shape index (κ3) is 4.70. The summed E-state index contributed by atoms with van der Waals surface area (Å²) < 4.78 is 12.9. The van der Waals surface area contributed by atoms with Crippen LogP contribution >= 0.6 is 11.3 Å². The molecule has 0 bridgehead atoms. The second-order valence-electron chi connectivity index (χ2n) is 5.73. The first-order valence-electron chi connectivity index (χ1n) is 8.01. The number of aryl methyl sites for hydroxylation is 1. The van der Waals surface area contributed by atoms with Crippen LogP contribution in [-0.2, 0) is 11.2 Å². The number of amides is 1. The number of pyridine rings is 1. The van der Waals surface area contributed by atoms with Gasteiger partial charge in [0.05, 0.1) is 11.7 Å². The van der Waals surface area contributed by atoms with Gasteiger partial charge in [-0.3, -0.25) is 9.78 Å². The van der Waals surface area contributed by atoms with Crippen molar-refractivity contribution >= 4 is 17.2 Å². The molecule has 4 nitrogen and oxygen atoms in total. The van der Waals surface area contributed by atoms with E-state index < -0.39 is 0 Å². The van der Waals surface area contributed by atoms with Gasteiger partial charge in [-0.05, 0) is 43.2 Å². The van der Waals surface area contributed by atoms with Crippen molar-refractivity contribution in [2.24, 2.45) is 0 Å². The van der Waals surface area contributed by atoms with Crippen LogP contribution in [0.15, 0.2) is 54.2 Å². The number of carbonyl (C=O) groups excluding carboxylic acids is 1. The third-order valence-electron chi connectivity index (χ3n) is 3.78. The zero-order valence-corrected chi connectivity index (χ0v) is 14.6. The van der Waals surface area contributed by atoms with E-state index in [0.29, 0.717) is 12.8 Å². The zero-order valence-electron chi connectivity index (χ0n) is 13.8. The van der Waals surface area contributed by atoms with Crippen molar-refractivity contribution in [3.63, 3.8) is 0 Å². The van der Waals surface area contributed by atoms with E-state index in [1.54, 1.807) is 24.5 Å². The predicted octanol–water partition coefficient (Wildman–Crippen LogP) is 4.15. The number of hydrogen-bond donors (Lipinski definition) is 1. The molecule has 0 aliphatic carbocycles. The summed E-state index contributed by atoms with van der Waals surface area (Å²) in [7, 11) is 0. The van der Waals surface area contributed by atoms with E-state index in [0.717, 1.165) is 21.8 Å². The van der Waals surface area contributed by atoms with Crippen LogP contribution in [0.3, 0.4) is 0 Å². The summed E-state index contributed by atoms with van der Waals surface area (Å²) in [4.78, 5) is 20.8. The Labute approximate surface area is 149 Å². The summed E-state index contributed by atoms with van der Waals surface area (Å²) >= 11 is 1.52. The number of hydrogen-bond acceptors (Lipinski definition) is 4. The molecule has 0 saturated heterocycles. The number of rotatable bonds is 6. The van der Waals surface area contributed by atoms with E-state index in [1.807, 2.05) is 24.4 Å². The molecule has 0 aliphatic heterocycles. The molecule has 6 heteroatoms. The van der Waals surface area contributed by atoms with Gasteiger partial charge < -0.3 is 5.32 Å². The van der Waals surface area contributed by atoms with E-state index in [9.17, 15) is 9.18 Å². The average molecular weight is 355 g/mol. The number of halogens is 1. The van der Waals surface area contributed by atoms with Gasteiger partial charge in [-0.1, -0.05) is 12.1 Å². The summed E-state index contributed by atoms with van der Waals surface area (Å²) in [5.41, 5.74) is 2.76. The van der Waals surface area contributed by atoms with Crippen molar-refractivity contribution in [3.8, 4) is 11.3 Å². The molecule has 0 radical (unpaired) electrons. The normalized spacial score (nSPS) is 11.9. The maximum absolute atomic E-state index is 12.9. The van der Waals surface area contributed by atoms with Crippen molar-refractivity contribution in [2.45, 2.75) is 25.8 Å². The number of aromatic nitrogens is 2. The van der Waals surface area contributed by atoms with E-state index >= 15 is 0 Å². The molecule has 0 aliphatic rings. The number of nitrogens with one attached hydrogen (secondary N) is 1. The lowest BCUT2D eigenvalue weighted by atomic mass is 10.1. The van der Waals surface area contributed by atoms with Crippen molar-refractivity contribution in [1.82, 2.24) is 15.3 Å². The lowest BCUT2D eigenvalue weighted by Crippen LogP contribution is -2.26. The summed E-state index contributed by atoms with van der Waals surface area (Å²) in [6.45, 7) is 1.92. The van der Waals surface area contributed by atoms with Crippen molar-refractivity contribution in [3.05, 3.63) is 70.6 Å². The lowest BCUT2D eigenvalue weighted by Gasteiger charge is -2.11. The Bertz CT molecular complexity index is 833. The molecular weight excluding hydrogens is 337 g/mol.